The molecule has 0 bridgehead atoms. The number of hydrogen-bond donors (Lipinski definition) is 2. The molecule has 3 aromatic rings. The van der Waals surface area contributed by atoms with Gasteiger partial charge in [0.2, 0.25) is 0 Å². The highest BCUT2D eigenvalue weighted by Gasteiger charge is 2.12. The van der Waals surface area contributed by atoms with Crippen LogP contribution in [0.25, 0.3) is 34.2 Å². The van der Waals surface area contributed by atoms with Crippen molar-refractivity contribution in [3.8, 4) is 11.1 Å². The van der Waals surface area contributed by atoms with Crippen LogP contribution in [0.15, 0.2) is 59.5 Å². The van der Waals surface area contributed by atoms with Crippen molar-refractivity contribution in [2.75, 3.05) is 0 Å². The minimum Gasteiger partial charge on any atom is -0.456 e. The predicted octanol–water partition coefficient (Wildman–Crippen LogP) is 3.46. The Hall–Kier alpha value is -2.56. The number of benzene rings is 2. The van der Waals surface area contributed by atoms with Crippen LogP contribution in [0.3, 0.4) is 0 Å². The van der Waals surface area contributed by atoms with E-state index in [9.17, 15) is 0 Å². The predicted molar refractivity (Wildman–Crippen MR) is 96.3 cm³/mol. The first kappa shape index (κ1) is 15.3. The summed E-state index contributed by atoms with van der Waals surface area (Å²) in [6.45, 7) is 5.77. The summed E-state index contributed by atoms with van der Waals surface area (Å²) in [5.41, 5.74) is 4.30. The van der Waals surface area contributed by atoms with Gasteiger partial charge in [-0.3, -0.25) is 0 Å². The third kappa shape index (κ3) is 2.87. The van der Waals surface area contributed by atoms with Crippen molar-refractivity contribution in [2.24, 2.45) is 0 Å². The average Bonchev–Trinajstić information content (AvgIpc) is 2.92. The Morgan fingerprint density at radius 2 is 1.74 bits per heavy atom. The van der Waals surface area contributed by atoms with Crippen LogP contribution in [0.5, 0.6) is 0 Å². The third-order valence-corrected chi connectivity index (χ3v) is 3.82. The Morgan fingerprint density at radius 1 is 1.04 bits per heavy atom. The molecule has 3 rings (SSSR count). The average molecular weight is 304 g/mol. The summed E-state index contributed by atoms with van der Waals surface area (Å²) < 4.78 is 5.88. The zero-order chi connectivity index (χ0) is 16.4. The molecule has 3 nitrogen and oxygen atoms in total. The second-order valence-electron chi connectivity index (χ2n) is 5.29. The van der Waals surface area contributed by atoms with Gasteiger partial charge < -0.3 is 14.5 Å². The molecule has 0 aliphatic rings. The highest BCUT2D eigenvalue weighted by Crippen LogP contribution is 2.31. The maximum atomic E-state index is 9.16. The molecule has 23 heavy (non-hydrogen) atoms. The van der Waals surface area contributed by atoms with Crippen molar-refractivity contribution in [3.05, 3.63) is 66.4 Å². The molecule has 0 spiro atoms. The molecule has 0 amide bonds. The van der Waals surface area contributed by atoms with E-state index >= 15 is 0 Å². The van der Waals surface area contributed by atoms with Gasteiger partial charge in [0.1, 0.15) is 11.3 Å². The molecule has 0 aliphatic carbocycles. The van der Waals surface area contributed by atoms with Gasteiger partial charge in [-0.2, -0.15) is 0 Å². The van der Waals surface area contributed by atoms with Gasteiger partial charge in [-0.15, -0.1) is 0 Å². The summed E-state index contributed by atoms with van der Waals surface area (Å²) in [6.07, 6.45) is 5.70. The van der Waals surface area contributed by atoms with Gasteiger partial charge in [-0.25, -0.2) is 0 Å². The lowest BCUT2D eigenvalue weighted by atomic mass is 9.80. The van der Waals surface area contributed by atoms with Gasteiger partial charge >= 0.3 is 7.12 Å². The molecule has 0 atom stereocenters. The first-order valence-corrected chi connectivity index (χ1v) is 7.42. The van der Waals surface area contributed by atoms with Gasteiger partial charge in [0.05, 0.1) is 0 Å². The van der Waals surface area contributed by atoms with Crippen molar-refractivity contribution in [1.82, 2.24) is 0 Å². The Balaban J connectivity index is 2.08. The van der Waals surface area contributed by atoms with E-state index in [4.69, 9.17) is 14.5 Å². The Morgan fingerprint density at radius 3 is 2.35 bits per heavy atom. The van der Waals surface area contributed by atoms with Gasteiger partial charge in [0.25, 0.3) is 0 Å². The van der Waals surface area contributed by atoms with E-state index in [0.717, 1.165) is 33.4 Å². The van der Waals surface area contributed by atoms with Crippen LogP contribution in [0, 0.1) is 0 Å². The number of rotatable bonds is 4. The summed E-state index contributed by atoms with van der Waals surface area (Å²) in [5.74, 6) is 0.758. The van der Waals surface area contributed by atoms with Crippen LogP contribution in [0.1, 0.15) is 18.2 Å². The van der Waals surface area contributed by atoms with Gasteiger partial charge in [-0.1, -0.05) is 49.1 Å². The summed E-state index contributed by atoms with van der Waals surface area (Å²) in [7, 11) is -1.45. The molecule has 0 saturated carbocycles. The highest BCUT2D eigenvalue weighted by molar-refractivity contribution is 6.58. The minimum atomic E-state index is -1.45. The highest BCUT2D eigenvalue weighted by atomic mass is 16.4. The van der Waals surface area contributed by atoms with Crippen molar-refractivity contribution in [2.45, 2.75) is 6.92 Å². The fraction of sp³-hybridized carbons (Fsp3) is 0.0526. The van der Waals surface area contributed by atoms with Crippen LogP contribution < -0.4 is 5.46 Å². The van der Waals surface area contributed by atoms with Gasteiger partial charge in [0.15, 0.2) is 0 Å². The third-order valence-electron chi connectivity index (χ3n) is 3.82. The van der Waals surface area contributed by atoms with Crippen molar-refractivity contribution < 1.29 is 14.5 Å². The maximum Gasteiger partial charge on any atom is 0.488 e. The molecule has 0 fully saturated rings. The van der Waals surface area contributed by atoms with E-state index in [-0.39, 0.29) is 0 Å². The monoisotopic (exact) mass is 304 g/mol. The van der Waals surface area contributed by atoms with Crippen LogP contribution >= 0.6 is 0 Å². The second kappa shape index (κ2) is 6.28. The number of allylic oxidation sites excluding steroid dienone is 1. The van der Waals surface area contributed by atoms with Crippen LogP contribution in [0.2, 0.25) is 0 Å². The molecule has 4 heteroatoms. The van der Waals surface area contributed by atoms with Crippen molar-refractivity contribution >= 4 is 35.7 Å². The number of fused-ring (bicyclic) bond motifs is 1. The second-order valence-corrected chi connectivity index (χ2v) is 5.29. The molecule has 0 unspecified atom stereocenters. The fourth-order valence-corrected chi connectivity index (χ4v) is 2.65. The number of hydrogen-bond acceptors (Lipinski definition) is 3. The standard InChI is InChI=1S/C19H17BO3/c1-3-5-16-17-11-8-14(12-19(17)23-18(16)4-2)13-6-9-15(10-7-13)20(21)22/h3-12,21-22H,2H2,1H3/b5-3-. The van der Waals surface area contributed by atoms with Crippen molar-refractivity contribution in [1.29, 1.82) is 0 Å². The van der Waals surface area contributed by atoms with Gasteiger partial charge in [0, 0.05) is 10.9 Å². The lowest BCUT2D eigenvalue weighted by Crippen LogP contribution is -2.29. The molecular weight excluding hydrogens is 287 g/mol. The van der Waals surface area contributed by atoms with Crippen LogP contribution in [0.4, 0.5) is 0 Å². The minimum absolute atomic E-state index is 0.470. The van der Waals surface area contributed by atoms with E-state index < -0.39 is 7.12 Å². The Kier molecular flexibility index (Phi) is 4.19. The molecular formula is C19H17BO3. The summed E-state index contributed by atoms with van der Waals surface area (Å²) in [4.78, 5) is 0. The quantitative estimate of drug-likeness (QED) is 0.726. The zero-order valence-electron chi connectivity index (χ0n) is 12.9. The molecule has 1 aromatic heterocycles. The maximum absolute atomic E-state index is 9.16. The van der Waals surface area contributed by atoms with E-state index in [0.29, 0.717) is 5.46 Å². The van der Waals surface area contributed by atoms with Crippen LogP contribution in [-0.2, 0) is 0 Å². The normalized spacial score (nSPS) is 11.3. The Bertz CT molecular complexity index is 874. The van der Waals surface area contributed by atoms with Crippen molar-refractivity contribution in [3.63, 3.8) is 0 Å². The smallest absolute Gasteiger partial charge is 0.456 e. The van der Waals surface area contributed by atoms with Gasteiger partial charge in [-0.05, 0) is 41.7 Å². The molecule has 1 heterocycles. The molecule has 0 saturated heterocycles. The molecule has 0 aliphatic heterocycles. The zero-order valence-corrected chi connectivity index (χ0v) is 12.9. The summed E-state index contributed by atoms with van der Waals surface area (Å²) in [6, 6.07) is 13.2. The Labute approximate surface area is 135 Å². The molecule has 0 radical (unpaired) electrons. The van der Waals surface area contributed by atoms with E-state index in [2.05, 4.69) is 6.58 Å². The van der Waals surface area contributed by atoms with E-state index in [1.165, 1.54) is 0 Å². The fourth-order valence-electron chi connectivity index (χ4n) is 2.65. The SMILES string of the molecule is C=Cc1oc2cc(-c3ccc(B(O)O)cc3)ccc2c1/C=C\C. The molecule has 114 valence electrons. The summed E-state index contributed by atoms with van der Waals surface area (Å²) >= 11 is 0. The largest absolute Gasteiger partial charge is 0.488 e. The topological polar surface area (TPSA) is 53.6 Å². The lowest BCUT2D eigenvalue weighted by molar-refractivity contribution is 0.426. The summed E-state index contributed by atoms with van der Waals surface area (Å²) in [5, 5.41) is 19.4. The van der Waals surface area contributed by atoms with Crippen LogP contribution in [-0.4, -0.2) is 17.2 Å². The number of furan rings is 1. The first-order valence-electron chi connectivity index (χ1n) is 7.42. The van der Waals surface area contributed by atoms with E-state index in [1.807, 2.05) is 49.4 Å². The molecule has 2 aromatic carbocycles. The first-order chi connectivity index (χ1) is 11.1. The lowest BCUT2D eigenvalue weighted by Gasteiger charge is -2.04. The molecule has 2 N–H and O–H groups in total. The van der Waals surface area contributed by atoms with E-state index in [1.54, 1.807) is 18.2 Å².